The molecule has 0 radical (unpaired) electrons. The van der Waals surface area contributed by atoms with E-state index in [4.69, 9.17) is 34.4 Å². The van der Waals surface area contributed by atoms with Gasteiger partial charge in [-0.15, -0.1) is 0 Å². The van der Waals surface area contributed by atoms with Crippen LogP contribution >= 0.6 is 0 Å². The lowest BCUT2D eigenvalue weighted by molar-refractivity contribution is -0.136. The number of carbonyl (C=O) groups is 10. The Bertz CT molecular complexity index is 2750. The van der Waals surface area contributed by atoms with E-state index in [1.54, 1.807) is 30.5 Å². The summed E-state index contributed by atoms with van der Waals surface area (Å²) < 4.78 is 43.6. The van der Waals surface area contributed by atoms with Crippen LogP contribution in [0, 0.1) is 17.5 Å². The molecule has 0 bridgehead atoms. The number of para-hydroxylation sites is 1. The maximum Gasteiger partial charge on any atom is 0.243 e. The highest BCUT2D eigenvalue weighted by Crippen LogP contribution is 2.20. The Morgan fingerprint density at radius 3 is 1.90 bits per heavy atom. The van der Waals surface area contributed by atoms with Crippen LogP contribution in [0.5, 0.6) is 0 Å². The summed E-state index contributed by atoms with van der Waals surface area (Å²) in [4.78, 5) is 147. The molecule has 2 aromatic carbocycles. The van der Waals surface area contributed by atoms with Gasteiger partial charge in [0.15, 0.2) is 29.4 Å². The highest BCUT2D eigenvalue weighted by atomic mass is 19.2. The first kappa shape index (κ1) is 62.5. The summed E-state index contributed by atoms with van der Waals surface area (Å²) >= 11 is 0. The van der Waals surface area contributed by atoms with E-state index in [0.29, 0.717) is 28.6 Å². The average Bonchev–Trinajstić information content (AvgIpc) is 3.80. The lowest BCUT2D eigenvalue weighted by Crippen LogP contribution is -2.60. The van der Waals surface area contributed by atoms with Gasteiger partial charge in [0.1, 0.15) is 42.3 Å². The van der Waals surface area contributed by atoms with Crippen molar-refractivity contribution in [2.24, 2.45) is 44.4 Å². The van der Waals surface area contributed by atoms with Gasteiger partial charge < -0.3 is 81.9 Å². The third-order valence-electron chi connectivity index (χ3n) is 12.3. The summed E-state index contributed by atoms with van der Waals surface area (Å²) in [7, 11) is 0. The molecule has 4 rings (SSSR count). The molecule has 0 spiro atoms. The zero-order valence-electron chi connectivity index (χ0n) is 43.3. The molecule has 1 saturated heterocycles. The minimum atomic E-state index is -1.93. The monoisotopic (exact) mass is 1110 g/mol. The minimum absolute atomic E-state index is 0.0186. The molecule has 2 heterocycles. The van der Waals surface area contributed by atoms with Crippen LogP contribution in [-0.4, -0.2) is 138 Å². The number of nitrogens with zero attached hydrogens (tertiary/aromatic N) is 2. The number of guanidine groups is 2. The van der Waals surface area contributed by atoms with Crippen LogP contribution in [0.2, 0.25) is 0 Å². The van der Waals surface area contributed by atoms with E-state index in [9.17, 15) is 61.1 Å². The van der Waals surface area contributed by atoms with Gasteiger partial charge in [-0.3, -0.25) is 57.9 Å². The molecule has 27 nitrogen and oxygen atoms in total. The largest absolute Gasteiger partial charge is 0.370 e. The molecule has 1 fully saturated rings. The van der Waals surface area contributed by atoms with Gasteiger partial charge in [0.2, 0.25) is 59.1 Å². The van der Waals surface area contributed by atoms with E-state index in [0.717, 1.165) is 6.92 Å². The fourth-order valence-corrected chi connectivity index (χ4v) is 8.33. The Balaban J connectivity index is 1.83. The second-order valence-electron chi connectivity index (χ2n) is 18.6. The number of aromatic nitrogens is 1. The highest BCUT2D eigenvalue weighted by molar-refractivity contribution is 5.98. The third-order valence-corrected chi connectivity index (χ3v) is 12.3. The number of hydrogen-bond acceptors (Lipinski definition) is 12. The molecule has 1 aliphatic rings. The number of amides is 10. The number of nitrogens with one attached hydrogen (secondary N) is 9. The van der Waals surface area contributed by atoms with Crippen molar-refractivity contribution in [3.05, 3.63) is 71.2 Å². The fraction of sp³-hybridized carbons (Fsp3) is 0.469. The van der Waals surface area contributed by atoms with Gasteiger partial charge in [0.25, 0.3) is 0 Å². The predicted molar refractivity (Wildman–Crippen MR) is 280 cm³/mol. The molecule has 10 amide bonds. The Morgan fingerprint density at radius 2 is 1.28 bits per heavy atom. The van der Waals surface area contributed by atoms with Crippen LogP contribution < -0.4 is 76.9 Å². The Hall–Kier alpha value is -8.99. The van der Waals surface area contributed by atoms with Crippen molar-refractivity contribution in [1.82, 2.24) is 47.5 Å². The number of aromatic amines is 1. The highest BCUT2D eigenvalue weighted by Gasteiger charge is 2.35. The fourth-order valence-electron chi connectivity index (χ4n) is 8.33. The molecule has 7 atom stereocenters. The lowest BCUT2D eigenvalue weighted by Gasteiger charge is -2.28. The average molecular weight is 1110 g/mol. The Labute approximate surface area is 450 Å². The molecule has 1 aromatic heterocycles. The van der Waals surface area contributed by atoms with Crippen molar-refractivity contribution in [3.63, 3.8) is 0 Å². The number of halogens is 3. The van der Waals surface area contributed by atoms with Gasteiger partial charge in [-0.1, -0.05) is 18.2 Å². The van der Waals surface area contributed by atoms with E-state index >= 15 is 0 Å². The first-order chi connectivity index (χ1) is 37.4. The first-order valence-electron chi connectivity index (χ1n) is 25.1. The van der Waals surface area contributed by atoms with Crippen molar-refractivity contribution >= 4 is 81.9 Å². The van der Waals surface area contributed by atoms with Crippen LogP contribution in [0.25, 0.3) is 10.9 Å². The zero-order chi connectivity index (χ0) is 58.3. The topological polar surface area (TPSA) is 464 Å². The minimum Gasteiger partial charge on any atom is -0.370 e. The van der Waals surface area contributed by atoms with Gasteiger partial charge in [0, 0.05) is 69.3 Å². The summed E-state index contributed by atoms with van der Waals surface area (Å²) in [6.07, 6.45) is -1.74. The molecule has 1 aliphatic heterocycles. The molecule has 0 saturated carbocycles. The number of nitrogens with two attached hydrogens (primary N) is 6. The van der Waals surface area contributed by atoms with E-state index in [1.807, 2.05) is 0 Å². The smallest absolute Gasteiger partial charge is 0.243 e. The maximum atomic E-state index is 14.7. The van der Waals surface area contributed by atoms with Crippen molar-refractivity contribution in [2.75, 3.05) is 19.6 Å². The zero-order valence-corrected chi connectivity index (χ0v) is 43.3. The molecule has 30 heteroatoms. The number of H-pyrrole nitrogens is 1. The maximum absolute atomic E-state index is 14.7. The molecule has 1 unspecified atom stereocenters. The summed E-state index contributed by atoms with van der Waals surface area (Å²) in [6.45, 7) is 0.947. The predicted octanol–water partition coefficient (Wildman–Crippen LogP) is -3.67. The second kappa shape index (κ2) is 30.7. The van der Waals surface area contributed by atoms with Crippen molar-refractivity contribution in [1.29, 1.82) is 0 Å². The van der Waals surface area contributed by atoms with Gasteiger partial charge in [0.05, 0.1) is 0 Å². The number of fused-ring (bicyclic) bond motifs is 1. The van der Waals surface area contributed by atoms with Gasteiger partial charge in [-0.2, -0.15) is 0 Å². The van der Waals surface area contributed by atoms with Crippen molar-refractivity contribution in [2.45, 2.75) is 126 Å². The van der Waals surface area contributed by atoms with Gasteiger partial charge >= 0.3 is 0 Å². The van der Waals surface area contributed by atoms with Crippen LogP contribution in [0.1, 0.15) is 82.3 Å². The normalized spacial score (nSPS) is 20.6. The number of aliphatic imine (C=N–C) groups is 2. The summed E-state index contributed by atoms with van der Waals surface area (Å²) in [5.41, 5.74) is 33.8. The van der Waals surface area contributed by atoms with E-state index in [-0.39, 0.29) is 94.9 Å². The van der Waals surface area contributed by atoms with Crippen LogP contribution in [0.15, 0.2) is 52.6 Å². The Kier molecular flexibility index (Phi) is 24.3. The van der Waals surface area contributed by atoms with Crippen LogP contribution in [0.4, 0.5) is 13.2 Å². The third kappa shape index (κ3) is 20.8. The Morgan fingerprint density at radius 1 is 0.709 bits per heavy atom. The molecule has 79 heavy (non-hydrogen) atoms. The molecular formula is C49H68F3N17O10. The number of benzene rings is 2. The standard InChI is InChI=1S/C49H68F3N17O10/c1-24(70)63-32(9-5-17-60-48(55)56)42(74)65-33-10-4-16-59-39(72)15-13-31(41(54)73)64-47(79)37(22-26-23-62-30-8-3-2-7-27(26)30)69-44(76)34(11-6-18-61-49(57)58)66-46(78)36(21-25-19-28(50)40(52)29(51)20-25)68-45(77)35(67-43(33)75)12-14-38(53)71/h2-3,7-8,19-20,23,31-37,62H,4-6,9-18,21-22H2,1H3,(H2,53,71)(H2,54,73)(H,59,72)(H,63,70)(H,64,79)(H,65,74)(H,66,78)(H,67,75)(H,68,77)(H,69,76)(H4,55,56,60)(H4,57,58,61)/t31?,32-,33-,34-,35-,36+,37-/m0/s1. The summed E-state index contributed by atoms with van der Waals surface area (Å²) in [5, 5.41) is 20.7. The second-order valence-corrected chi connectivity index (χ2v) is 18.6. The number of rotatable bonds is 19. The molecule has 430 valence electrons. The SMILES string of the molecule is CC(=O)N[C@@H](CCCN=C(N)N)C(=O)N[C@H]1CCCNC(=O)CCC(C(N)=O)NC(=O)[C@H](Cc2c[nH]c3ccccc23)NC(=O)[C@H](CCCN=C(N)N)NC(=O)[C@@H](Cc2cc(F)c(F)c(F)c2)NC(=O)[C@H](CCC(N)=O)NC1=O. The van der Waals surface area contributed by atoms with Crippen LogP contribution in [0.3, 0.4) is 0 Å². The molecular weight excluding hydrogens is 1040 g/mol. The lowest BCUT2D eigenvalue weighted by atomic mass is 10.0. The van der Waals surface area contributed by atoms with Gasteiger partial charge in [-0.05, 0) is 80.7 Å². The first-order valence-corrected chi connectivity index (χ1v) is 25.1. The quantitative estimate of drug-likeness (QED) is 0.0238. The summed E-state index contributed by atoms with van der Waals surface area (Å²) in [6, 6.07) is -3.08. The van der Waals surface area contributed by atoms with Crippen LogP contribution in [-0.2, 0) is 60.8 Å². The van der Waals surface area contributed by atoms with E-state index in [2.05, 4.69) is 57.5 Å². The van der Waals surface area contributed by atoms with Gasteiger partial charge in [-0.25, -0.2) is 13.2 Å². The molecule has 0 aliphatic carbocycles. The van der Waals surface area contributed by atoms with E-state index in [1.165, 1.54) is 0 Å². The number of primary amides is 2. The molecule has 21 N–H and O–H groups in total. The molecule has 3 aromatic rings. The van der Waals surface area contributed by atoms with E-state index < -0.39 is 138 Å². The van der Waals surface area contributed by atoms with Crippen molar-refractivity contribution < 1.29 is 61.1 Å². The summed E-state index contributed by atoms with van der Waals surface area (Å²) in [5.74, 6) is -15.3. The number of hydrogen-bond donors (Lipinski definition) is 15. The van der Waals surface area contributed by atoms with Crippen molar-refractivity contribution in [3.8, 4) is 0 Å². The number of carbonyl (C=O) groups excluding carboxylic acids is 10.